The number of benzene rings is 3. The van der Waals surface area contributed by atoms with Crippen molar-refractivity contribution in [3.63, 3.8) is 0 Å². The maximum Gasteiger partial charge on any atom is 0.295 e. The molecule has 5 nitrogen and oxygen atoms in total. The summed E-state index contributed by atoms with van der Waals surface area (Å²) in [6.45, 7) is 0.234. The normalized spacial score (nSPS) is 17.6. The van der Waals surface area contributed by atoms with Crippen molar-refractivity contribution >= 4 is 44.3 Å². The van der Waals surface area contributed by atoms with Gasteiger partial charge in [-0.15, -0.1) is 0 Å². The summed E-state index contributed by atoms with van der Waals surface area (Å²) in [4.78, 5) is 31.1. The van der Waals surface area contributed by atoms with Crippen LogP contribution in [0.15, 0.2) is 89.0 Å². The van der Waals surface area contributed by atoms with Gasteiger partial charge in [0.05, 0.1) is 11.6 Å². The maximum atomic E-state index is 13.3. The first kappa shape index (κ1) is 22.1. The average molecular weight is 519 g/mol. The lowest BCUT2D eigenvalue weighted by Gasteiger charge is -2.25. The van der Waals surface area contributed by atoms with Crippen LogP contribution in [-0.4, -0.2) is 33.2 Å². The third kappa shape index (κ3) is 3.92. The number of hydrogen-bond donors (Lipinski definition) is 2. The maximum absolute atomic E-state index is 13.3. The van der Waals surface area contributed by atoms with Gasteiger partial charge in [-0.25, -0.2) is 4.39 Å². The van der Waals surface area contributed by atoms with E-state index in [9.17, 15) is 19.1 Å². The predicted octanol–water partition coefficient (Wildman–Crippen LogP) is 5.73. The van der Waals surface area contributed by atoms with E-state index in [2.05, 4.69) is 20.9 Å². The molecule has 2 heterocycles. The minimum absolute atomic E-state index is 0.0520. The molecule has 1 aliphatic rings. The third-order valence-corrected chi connectivity index (χ3v) is 6.66. The van der Waals surface area contributed by atoms with Crippen molar-refractivity contribution in [2.24, 2.45) is 0 Å². The number of Topliss-reactive ketones (excluding diaryl/α,β-unsaturated/α-hetero) is 1. The van der Waals surface area contributed by atoms with Crippen molar-refractivity contribution in [3.8, 4) is 0 Å². The van der Waals surface area contributed by atoms with Crippen LogP contribution in [0.4, 0.5) is 4.39 Å². The van der Waals surface area contributed by atoms with E-state index < -0.39 is 17.7 Å². The van der Waals surface area contributed by atoms with Crippen molar-refractivity contribution in [2.75, 3.05) is 6.54 Å². The van der Waals surface area contributed by atoms with Crippen molar-refractivity contribution in [3.05, 3.63) is 112 Å². The minimum atomic E-state index is -0.764. The Bertz CT molecular complexity index is 1420. The lowest BCUT2D eigenvalue weighted by molar-refractivity contribution is -0.139. The Morgan fingerprint density at radius 1 is 1.00 bits per heavy atom. The number of aromatic amines is 1. The van der Waals surface area contributed by atoms with Crippen LogP contribution in [0.1, 0.15) is 22.7 Å². The average Bonchev–Trinajstić information content (AvgIpc) is 3.37. The van der Waals surface area contributed by atoms with Crippen molar-refractivity contribution in [2.45, 2.75) is 12.5 Å². The Labute approximate surface area is 203 Å². The molecule has 1 atom stereocenters. The Hall–Kier alpha value is -3.71. The van der Waals surface area contributed by atoms with Gasteiger partial charge in [0.1, 0.15) is 11.6 Å². The van der Waals surface area contributed by atoms with Gasteiger partial charge in [0, 0.05) is 39.2 Å². The molecule has 0 spiro atoms. The van der Waals surface area contributed by atoms with Crippen LogP contribution in [0.25, 0.3) is 16.7 Å². The smallest absolute Gasteiger partial charge is 0.295 e. The third-order valence-electron chi connectivity index (χ3n) is 6.13. The number of ketones is 1. The second kappa shape index (κ2) is 8.91. The number of carbonyl (C=O) groups is 2. The molecule has 1 fully saturated rings. The number of fused-ring (bicyclic) bond motifs is 1. The Balaban J connectivity index is 1.62. The molecule has 170 valence electrons. The summed E-state index contributed by atoms with van der Waals surface area (Å²) in [5, 5.41) is 12.1. The fraction of sp³-hybridized carbons (Fsp3) is 0.111. The molecule has 1 amide bonds. The van der Waals surface area contributed by atoms with Crippen molar-refractivity contribution < 1.29 is 19.1 Å². The van der Waals surface area contributed by atoms with Gasteiger partial charge in [-0.1, -0.05) is 58.4 Å². The summed E-state index contributed by atoms with van der Waals surface area (Å²) in [5.74, 6) is -1.95. The molecular weight excluding hydrogens is 499 g/mol. The Kier molecular flexibility index (Phi) is 5.79. The van der Waals surface area contributed by atoms with Gasteiger partial charge in [-0.3, -0.25) is 9.59 Å². The van der Waals surface area contributed by atoms with Crippen molar-refractivity contribution in [1.29, 1.82) is 0 Å². The molecular formula is C27H20BrFN2O3. The van der Waals surface area contributed by atoms with E-state index in [1.165, 1.54) is 17.0 Å². The number of likely N-dealkylation sites (tertiary alicyclic amines) is 1. The number of aliphatic hydroxyl groups is 1. The molecule has 1 saturated heterocycles. The number of nitrogens with one attached hydrogen (secondary N) is 1. The topological polar surface area (TPSA) is 73.4 Å². The first-order chi connectivity index (χ1) is 16.4. The summed E-state index contributed by atoms with van der Waals surface area (Å²) < 4.78 is 14.1. The first-order valence-corrected chi connectivity index (χ1v) is 11.6. The quantitative estimate of drug-likeness (QED) is 0.201. The molecule has 2 N–H and O–H groups in total. The van der Waals surface area contributed by atoms with Crippen LogP contribution in [0.3, 0.4) is 0 Å². The van der Waals surface area contributed by atoms with Gasteiger partial charge in [-0.2, -0.15) is 0 Å². The number of para-hydroxylation sites is 1. The molecule has 1 aromatic heterocycles. The van der Waals surface area contributed by atoms with Crippen LogP contribution in [0.2, 0.25) is 0 Å². The molecule has 4 aromatic rings. The molecule has 5 rings (SSSR count). The van der Waals surface area contributed by atoms with Gasteiger partial charge in [-0.05, 0) is 42.3 Å². The lowest BCUT2D eigenvalue weighted by atomic mass is 9.95. The predicted molar refractivity (Wildman–Crippen MR) is 132 cm³/mol. The van der Waals surface area contributed by atoms with Crippen LogP contribution in [0.5, 0.6) is 0 Å². The number of hydrogen-bond acceptors (Lipinski definition) is 3. The first-order valence-electron chi connectivity index (χ1n) is 10.8. The van der Waals surface area contributed by atoms with Crippen LogP contribution < -0.4 is 0 Å². The van der Waals surface area contributed by atoms with E-state index in [1.54, 1.807) is 42.6 Å². The highest BCUT2D eigenvalue weighted by Crippen LogP contribution is 2.42. The van der Waals surface area contributed by atoms with Crippen molar-refractivity contribution in [1.82, 2.24) is 9.88 Å². The highest BCUT2D eigenvalue weighted by atomic mass is 79.9. The number of amides is 1. The molecule has 7 heteroatoms. The zero-order chi connectivity index (χ0) is 23.8. The van der Waals surface area contributed by atoms with E-state index >= 15 is 0 Å². The van der Waals surface area contributed by atoms with E-state index in [4.69, 9.17) is 0 Å². The summed E-state index contributed by atoms with van der Waals surface area (Å²) in [6, 6.07) is 19.8. The SMILES string of the molecule is O=C1C(=O)N(CCc2ccc(F)cc2)C(c2c[nH]c3ccccc23)/C1=C(\O)c1ccc(Br)cc1. The summed E-state index contributed by atoms with van der Waals surface area (Å²) in [7, 11) is 0. The van der Waals surface area contributed by atoms with E-state index in [1.807, 2.05) is 24.3 Å². The molecule has 0 bridgehead atoms. The number of aliphatic hydroxyl groups excluding tert-OH is 1. The highest BCUT2D eigenvalue weighted by Gasteiger charge is 2.46. The lowest BCUT2D eigenvalue weighted by Crippen LogP contribution is -2.31. The van der Waals surface area contributed by atoms with E-state index in [0.29, 0.717) is 12.0 Å². The van der Waals surface area contributed by atoms with Crippen LogP contribution >= 0.6 is 15.9 Å². The number of carbonyl (C=O) groups excluding carboxylic acids is 2. The number of nitrogens with zero attached hydrogens (tertiary/aromatic N) is 1. The molecule has 0 saturated carbocycles. The fourth-order valence-electron chi connectivity index (χ4n) is 4.42. The summed E-state index contributed by atoms with van der Waals surface area (Å²) in [6.07, 6.45) is 2.21. The molecule has 34 heavy (non-hydrogen) atoms. The zero-order valence-electron chi connectivity index (χ0n) is 18.0. The number of H-pyrrole nitrogens is 1. The monoisotopic (exact) mass is 518 g/mol. The van der Waals surface area contributed by atoms with Gasteiger partial charge < -0.3 is 15.0 Å². The zero-order valence-corrected chi connectivity index (χ0v) is 19.5. The van der Waals surface area contributed by atoms with Crippen LogP contribution in [0, 0.1) is 5.82 Å². The standard InChI is InChI=1S/C27H20BrFN2O3/c28-18-9-7-17(8-10-18)25(32)23-24(21-15-30-22-4-2-1-3-20(21)22)31(27(34)26(23)33)14-13-16-5-11-19(29)12-6-16/h1-12,15,24,30,32H,13-14H2/b25-23+. The fourth-order valence-corrected chi connectivity index (χ4v) is 4.68. The molecule has 1 aliphatic heterocycles. The van der Waals surface area contributed by atoms with Crippen LogP contribution in [-0.2, 0) is 16.0 Å². The van der Waals surface area contributed by atoms with Gasteiger partial charge >= 0.3 is 0 Å². The minimum Gasteiger partial charge on any atom is -0.507 e. The van der Waals surface area contributed by atoms with E-state index in [-0.39, 0.29) is 23.7 Å². The van der Waals surface area contributed by atoms with E-state index in [0.717, 1.165) is 26.5 Å². The molecule has 1 unspecified atom stereocenters. The largest absolute Gasteiger partial charge is 0.507 e. The highest BCUT2D eigenvalue weighted by molar-refractivity contribution is 9.10. The number of rotatable bonds is 5. The van der Waals surface area contributed by atoms with Gasteiger partial charge in [0.15, 0.2) is 0 Å². The summed E-state index contributed by atoms with van der Waals surface area (Å²) >= 11 is 3.37. The second-order valence-electron chi connectivity index (χ2n) is 8.17. The number of aromatic nitrogens is 1. The molecule has 0 aliphatic carbocycles. The molecule has 3 aromatic carbocycles. The Morgan fingerprint density at radius 2 is 1.71 bits per heavy atom. The molecule has 0 radical (unpaired) electrons. The Morgan fingerprint density at radius 3 is 2.44 bits per heavy atom. The second-order valence-corrected chi connectivity index (χ2v) is 9.08. The van der Waals surface area contributed by atoms with Gasteiger partial charge in [0.25, 0.3) is 11.7 Å². The number of halogens is 2. The summed E-state index contributed by atoms with van der Waals surface area (Å²) in [5.41, 5.74) is 2.94. The van der Waals surface area contributed by atoms with Gasteiger partial charge in [0.2, 0.25) is 0 Å².